The van der Waals surface area contributed by atoms with Gasteiger partial charge in [-0.2, -0.15) is 0 Å². The summed E-state index contributed by atoms with van der Waals surface area (Å²) in [5.74, 6) is 0.439. The van der Waals surface area contributed by atoms with E-state index in [1.54, 1.807) is 0 Å². The zero-order valence-corrected chi connectivity index (χ0v) is 10.2. The van der Waals surface area contributed by atoms with Crippen LogP contribution in [0, 0.1) is 5.92 Å². The fourth-order valence-electron chi connectivity index (χ4n) is 1.42. The fourth-order valence-corrected chi connectivity index (χ4v) is 1.42. The number of carbonyl (C=O) groups excluding carboxylic acids is 1. The molecule has 1 unspecified atom stereocenters. The van der Waals surface area contributed by atoms with Gasteiger partial charge < -0.3 is 9.80 Å². The Morgan fingerprint density at radius 3 is 2.07 bits per heavy atom. The molecule has 0 bridgehead atoms. The van der Waals surface area contributed by atoms with Crippen LogP contribution in [-0.2, 0) is 4.79 Å². The lowest BCUT2D eigenvalue weighted by molar-refractivity contribution is -0.134. The second kappa shape index (κ2) is 6.82. The predicted octanol–water partition coefficient (Wildman–Crippen LogP) is 1.44. The number of amides is 1. The normalized spacial score (nSPS) is 13.0. The van der Waals surface area contributed by atoms with Gasteiger partial charge in [-0.15, -0.1) is 0 Å². The summed E-state index contributed by atoms with van der Waals surface area (Å²) >= 11 is 0. The Hall–Kier alpha value is -0.570. The molecule has 0 aliphatic heterocycles. The first-order valence-electron chi connectivity index (χ1n) is 5.46. The molecule has 14 heavy (non-hydrogen) atoms. The highest BCUT2D eigenvalue weighted by Crippen LogP contribution is 2.07. The summed E-state index contributed by atoms with van der Waals surface area (Å²) in [6, 6.07) is 0. The zero-order chi connectivity index (χ0) is 11.1. The highest BCUT2D eigenvalue weighted by Gasteiger charge is 2.17. The minimum absolute atomic E-state index is 0.150. The van der Waals surface area contributed by atoms with Crippen molar-refractivity contribution in [2.24, 2.45) is 5.92 Å². The van der Waals surface area contributed by atoms with E-state index in [1.165, 1.54) is 0 Å². The molecule has 1 amide bonds. The largest absolute Gasteiger partial charge is 0.343 e. The monoisotopic (exact) mass is 200 g/mol. The van der Waals surface area contributed by atoms with E-state index in [2.05, 4.69) is 4.90 Å². The van der Waals surface area contributed by atoms with Crippen LogP contribution in [0.3, 0.4) is 0 Å². The van der Waals surface area contributed by atoms with E-state index in [0.717, 1.165) is 26.1 Å². The lowest BCUT2D eigenvalue weighted by Crippen LogP contribution is -2.35. The Morgan fingerprint density at radius 2 is 1.71 bits per heavy atom. The van der Waals surface area contributed by atoms with Gasteiger partial charge >= 0.3 is 0 Å². The van der Waals surface area contributed by atoms with Crippen molar-refractivity contribution < 1.29 is 4.79 Å². The van der Waals surface area contributed by atoms with Crippen molar-refractivity contribution in [2.45, 2.75) is 27.2 Å². The van der Waals surface area contributed by atoms with E-state index >= 15 is 0 Å². The Morgan fingerprint density at radius 1 is 1.21 bits per heavy atom. The predicted molar refractivity (Wildman–Crippen MR) is 60.3 cm³/mol. The van der Waals surface area contributed by atoms with Crippen LogP contribution in [-0.4, -0.2) is 49.4 Å². The zero-order valence-electron chi connectivity index (χ0n) is 10.2. The van der Waals surface area contributed by atoms with Crippen molar-refractivity contribution >= 4 is 5.91 Å². The Bertz CT molecular complexity index is 165. The molecule has 0 aromatic rings. The van der Waals surface area contributed by atoms with Gasteiger partial charge in [0, 0.05) is 19.0 Å². The smallest absolute Gasteiger partial charge is 0.225 e. The van der Waals surface area contributed by atoms with Crippen LogP contribution in [0.25, 0.3) is 0 Å². The topological polar surface area (TPSA) is 23.6 Å². The maximum absolute atomic E-state index is 11.8. The van der Waals surface area contributed by atoms with Crippen LogP contribution in [0.2, 0.25) is 0 Å². The number of hydrogen-bond acceptors (Lipinski definition) is 2. The van der Waals surface area contributed by atoms with E-state index in [0.29, 0.717) is 0 Å². The molecule has 3 nitrogen and oxygen atoms in total. The lowest BCUT2D eigenvalue weighted by Gasteiger charge is -2.23. The molecule has 0 saturated carbocycles. The standard InChI is InChI=1S/C11H24N2O/c1-6-13(7-2)11(14)10(3)8-9-12(4)5/h10H,6-9H2,1-5H3. The molecule has 0 aliphatic rings. The summed E-state index contributed by atoms with van der Waals surface area (Å²) in [6.45, 7) is 8.70. The van der Waals surface area contributed by atoms with Crippen LogP contribution >= 0.6 is 0 Å². The van der Waals surface area contributed by atoms with E-state index in [4.69, 9.17) is 0 Å². The minimum Gasteiger partial charge on any atom is -0.343 e. The van der Waals surface area contributed by atoms with Crippen molar-refractivity contribution in [2.75, 3.05) is 33.7 Å². The van der Waals surface area contributed by atoms with Gasteiger partial charge in [-0.3, -0.25) is 4.79 Å². The molecule has 0 aliphatic carbocycles. The molecular weight excluding hydrogens is 176 g/mol. The van der Waals surface area contributed by atoms with Crippen LogP contribution < -0.4 is 0 Å². The van der Waals surface area contributed by atoms with Gasteiger partial charge in [-0.1, -0.05) is 6.92 Å². The lowest BCUT2D eigenvalue weighted by atomic mass is 10.1. The minimum atomic E-state index is 0.150. The third-order valence-corrected chi connectivity index (χ3v) is 2.51. The second-order valence-corrected chi connectivity index (χ2v) is 4.00. The molecular formula is C11H24N2O. The summed E-state index contributed by atoms with van der Waals surface area (Å²) < 4.78 is 0. The van der Waals surface area contributed by atoms with Crippen molar-refractivity contribution in [1.29, 1.82) is 0 Å². The highest BCUT2D eigenvalue weighted by atomic mass is 16.2. The molecule has 84 valence electrons. The van der Waals surface area contributed by atoms with E-state index < -0.39 is 0 Å². The first kappa shape index (κ1) is 13.4. The number of hydrogen-bond donors (Lipinski definition) is 0. The van der Waals surface area contributed by atoms with Crippen LogP contribution in [0.15, 0.2) is 0 Å². The van der Waals surface area contributed by atoms with Gasteiger partial charge in [0.2, 0.25) is 5.91 Å². The third kappa shape index (κ3) is 4.61. The number of carbonyl (C=O) groups is 1. The molecule has 0 spiro atoms. The van der Waals surface area contributed by atoms with Gasteiger partial charge in [0.05, 0.1) is 0 Å². The maximum atomic E-state index is 11.8. The summed E-state index contributed by atoms with van der Waals surface area (Å²) in [5, 5.41) is 0. The van der Waals surface area contributed by atoms with E-state index in [9.17, 15) is 4.79 Å². The molecule has 0 saturated heterocycles. The van der Waals surface area contributed by atoms with Gasteiger partial charge in [0.1, 0.15) is 0 Å². The number of rotatable bonds is 6. The molecule has 0 N–H and O–H groups in total. The molecule has 0 fully saturated rings. The van der Waals surface area contributed by atoms with Gasteiger partial charge in [0.25, 0.3) is 0 Å². The highest BCUT2D eigenvalue weighted by molar-refractivity contribution is 5.78. The molecule has 3 heteroatoms. The number of nitrogens with zero attached hydrogens (tertiary/aromatic N) is 2. The summed E-state index contributed by atoms with van der Waals surface area (Å²) in [6.07, 6.45) is 0.947. The Labute approximate surface area is 88.1 Å². The van der Waals surface area contributed by atoms with Crippen molar-refractivity contribution in [3.8, 4) is 0 Å². The Balaban J connectivity index is 3.97. The Kier molecular flexibility index (Phi) is 6.54. The first-order valence-corrected chi connectivity index (χ1v) is 5.46. The first-order chi connectivity index (χ1) is 6.52. The molecule has 0 rings (SSSR count). The third-order valence-electron chi connectivity index (χ3n) is 2.51. The van der Waals surface area contributed by atoms with Gasteiger partial charge in [-0.25, -0.2) is 0 Å². The second-order valence-electron chi connectivity index (χ2n) is 4.00. The molecule has 0 radical (unpaired) electrons. The van der Waals surface area contributed by atoms with E-state index in [-0.39, 0.29) is 11.8 Å². The summed E-state index contributed by atoms with van der Waals surface area (Å²) in [5.41, 5.74) is 0. The van der Waals surface area contributed by atoms with Crippen molar-refractivity contribution in [3.63, 3.8) is 0 Å². The van der Waals surface area contributed by atoms with Crippen LogP contribution in [0.1, 0.15) is 27.2 Å². The summed E-state index contributed by atoms with van der Waals surface area (Å²) in [4.78, 5) is 15.8. The van der Waals surface area contributed by atoms with Gasteiger partial charge in [0.15, 0.2) is 0 Å². The quantitative estimate of drug-likeness (QED) is 0.648. The van der Waals surface area contributed by atoms with Crippen molar-refractivity contribution in [3.05, 3.63) is 0 Å². The summed E-state index contributed by atoms with van der Waals surface area (Å²) in [7, 11) is 4.07. The van der Waals surface area contributed by atoms with Crippen molar-refractivity contribution in [1.82, 2.24) is 9.80 Å². The molecule has 0 aromatic heterocycles. The van der Waals surface area contributed by atoms with Gasteiger partial charge in [-0.05, 0) is 40.9 Å². The average Bonchev–Trinajstić information content (AvgIpc) is 2.15. The van der Waals surface area contributed by atoms with E-state index in [1.807, 2.05) is 39.8 Å². The van der Waals surface area contributed by atoms with Crippen LogP contribution in [0.5, 0.6) is 0 Å². The maximum Gasteiger partial charge on any atom is 0.225 e. The average molecular weight is 200 g/mol. The SMILES string of the molecule is CCN(CC)C(=O)C(C)CCN(C)C. The molecule has 0 heterocycles. The van der Waals surface area contributed by atoms with Crippen LogP contribution in [0.4, 0.5) is 0 Å². The fraction of sp³-hybridized carbons (Fsp3) is 0.909. The molecule has 1 atom stereocenters. The molecule has 0 aromatic carbocycles.